The number of rotatable bonds is 5. The van der Waals surface area contributed by atoms with Crippen LogP contribution in [0.2, 0.25) is 0 Å². The van der Waals surface area contributed by atoms with E-state index in [1.54, 1.807) is 5.56 Å². The van der Waals surface area contributed by atoms with Crippen LogP contribution in [0.15, 0.2) is 18.2 Å². The Bertz CT molecular complexity index is 297. The molecule has 15 heavy (non-hydrogen) atoms. The molecule has 84 valence electrons. The highest BCUT2D eigenvalue weighted by atomic mass is 14.1. The lowest BCUT2D eigenvalue weighted by Gasteiger charge is -2.11. The van der Waals surface area contributed by atoms with Crippen molar-refractivity contribution in [3.8, 4) is 0 Å². The number of hydrogen-bond acceptors (Lipinski definition) is 0. The van der Waals surface area contributed by atoms with E-state index in [1.165, 1.54) is 36.8 Å². The zero-order chi connectivity index (χ0) is 11.3. The Kier molecular flexibility index (Phi) is 4.87. The quantitative estimate of drug-likeness (QED) is 0.601. The van der Waals surface area contributed by atoms with Gasteiger partial charge in [-0.1, -0.05) is 51.8 Å². The fourth-order valence-electron chi connectivity index (χ4n) is 1.89. The van der Waals surface area contributed by atoms with E-state index in [-0.39, 0.29) is 0 Å². The van der Waals surface area contributed by atoms with Crippen molar-refractivity contribution in [2.45, 2.75) is 59.3 Å². The van der Waals surface area contributed by atoms with E-state index in [0.717, 1.165) is 0 Å². The highest BCUT2D eigenvalue weighted by Gasteiger charge is 2.03. The standard InChI is InChI=1S/C15H24/c1-5-6-7-8-15-11-14(12(2)3)10-9-13(15)4/h9-12H,5-8H2,1-4H3. The fourth-order valence-corrected chi connectivity index (χ4v) is 1.89. The Morgan fingerprint density at radius 2 is 1.87 bits per heavy atom. The van der Waals surface area contributed by atoms with Crippen molar-refractivity contribution in [3.05, 3.63) is 34.9 Å². The maximum atomic E-state index is 2.40. The van der Waals surface area contributed by atoms with Gasteiger partial charge >= 0.3 is 0 Å². The number of aryl methyl sites for hydroxylation is 2. The Labute approximate surface area is 94.7 Å². The maximum Gasteiger partial charge on any atom is -0.0219 e. The molecular weight excluding hydrogens is 180 g/mol. The summed E-state index contributed by atoms with van der Waals surface area (Å²) in [6.07, 6.45) is 5.24. The van der Waals surface area contributed by atoms with Crippen LogP contribution in [0, 0.1) is 6.92 Å². The summed E-state index contributed by atoms with van der Waals surface area (Å²) in [6.45, 7) is 9.02. The van der Waals surface area contributed by atoms with E-state index in [4.69, 9.17) is 0 Å². The van der Waals surface area contributed by atoms with Gasteiger partial charge in [-0.25, -0.2) is 0 Å². The Morgan fingerprint density at radius 3 is 2.47 bits per heavy atom. The van der Waals surface area contributed by atoms with E-state index in [2.05, 4.69) is 45.9 Å². The van der Waals surface area contributed by atoms with Gasteiger partial charge in [0.25, 0.3) is 0 Å². The van der Waals surface area contributed by atoms with E-state index in [0.29, 0.717) is 5.92 Å². The molecule has 1 aromatic rings. The molecule has 0 aliphatic rings. The second-order valence-electron chi connectivity index (χ2n) is 4.80. The highest BCUT2D eigenvalue weighted by molar-refractivity contribution is 5.32. The number of unbranched alkanes of at least 4 members (excludes halogenated alkanes) is 2. The van der Waals surface area contributed by atoms with E-state index in [1.807, 2.05) is 0 Å². The molecule has 0 amide bonds. The molecule has 0 saturated carbocycles. The summed E-state index contributed by atoms with van der Waals surface area (Å²) in [6, 6.07) is 6.94. The average Bonchev–Trinajstić information content (AvgIpc) is 2.20. The van der Waals surface area contributed by atoms with Gasteiger partial charge in [0, 0.05) is 0 Å². The molecule has 0 atom stereocenters. The Morgan fingerprint density at radius 1 is 1.13 bits per heavy atom. The maximum absolute atomic E-state index is 2.40. The van der Waals surface area contributed by atoms with Gasteiger partial charge in [0.1, 0.15) is 0 Å². The molecule has 1 aromatic carbocycles. The predicted molar refractivity (Wildman–Crippen MR) is 68.5 cm³/mol. The van der Waals surface area contributed by atoms with Crippen molar-refractivity contribution in [2.24, 2.45) is 0 Å². The van der Waals surface area contributed by atoms with Crippen LogP contribution in [0.3, 0.4) is 0 Å². The monoisotopic (exact) mass is 204 g/mol. The molecule has 0 heteroatoms. The van der Waals surface area contributed by atoms with Gasteiger partial charge in [-0.15, -0.1) is 0 Å². The van der Waals surface area contributed by atoms with Crippen LogP contribution in [0.25, 0.3) is 0 Å². The molecule has 0 nitrogen and oxygen atoms in total. The summed E-state index contributed by atoms with van der Waals surface area (Å²) in [7, 11) is 0. The summed E-state index contributed by atoms with van der Waals surface area (Å²) in [5, 5.41) is 0. The Balaban J connectivity index is 2.72. The zero-order valence-electron chi connectivity index (χ0n) is 10.6. The van der Waals surface area contributed by atoms with Gasteiger partial charge in [-0.3, -0.25) is 0 Å². The molecular formula is C15H24. The number of hydrogen-bond donors (Lipinski definition) is 0. The molecule has 0 N–H and O–H groups in total. The van der Waals surface area contributed by atoms with Crippen LogP contribution >= 0.6 is 0 Å². The minimum absolute atomic E-state index is 0.649. The summed E-state index contributed by atoms with van der Waals surface area (Å²) < 4.78 is 0. The van der Waals surface area contributed by atoms with Crippen molar-refractivity contribution < 1.29 is 0 Å². The SMILES string of the molecule is CCCCCc1cc(C(C)C)ccc1C. The van der Waals surface area contributed by atoms with E-state index >= 15 is 0 Å². The molecule has 0 spiro atoms. The lowest BCUT2D eigenvalue weighted by molar-refractivity contribution is 0.714. The summed E-state index contributed by atoms with van der Waals surface area (Å²) >= 11 is 0. The van der Waals surface area contributed by atoms with E-state index in [9.17, 15) is 0 Å². The smallest absolute Gasteiger partial charge is 0.0219 e. The van der Waals surface area contributed by atoms with Crippen molar-refractivity contribution in [2.75, 3.05) is 0 Å². The average molecular weight is 204 g/mol. The van der Waals surface area contributed by atoms with Crippen LogP contribution in [-0.4, -0.2) is 0 Å². The van der Waals surface area contributed by atoms with E-state index < -0.39 is 0 Å². The number of benzene rings is 1. The molecule has 0 saturated heterocycles. The summed E-state index contributed by atoms with van der Waals surface area (Å²) in [5.74, 6) is 0.649. The van der Waals surface area contributed by atoms with Gasteiger partial charge in [0.05, 0.1) is 0 Å². The first-order chi connectivity index (χ1) is 7.15. The third kappa shape index (κ3) is 3.70. The third-order valence-electron chi connectivity index (χ3n) is 3.09. The molecule has 0 fully saturated rings. The van der Waals surface area contributed by atoms with Crippen LogP contribution in [-0.2, 0) is 6.42 Å². The van der Waals surface area contributed by atoms with Crippen molar-refractivity contribution >= 4 is 0 Å². The largest absolute Gasteiger partial charge is 0.0654 e. The van der Waals surface area contributed by atoms with Crippen molar-refractivity contribution in [3.63, 3.8) is 0 Å². The highest BCUT2D eigenvalue weighted by Crippen LogP contribution is 2.20. The topological polar surface area (TPSA) is 0 Å². The molecule has 0 bridgehead atoms. The molecule has 0 aliphatic carbocycles. The molecule has 0 aliphatic heterocycles. The lowest BCUT2D eigenvalue weighted by atomic mass is 9.95. The third-order valence-corrected chi connectivity index (χ3v) is 3.09. The molecule has 0 heterocycles. The molecule has 0 unspecified atom stereocenters. The van der Waals surface area contributed by atoms with Crippen LogP contribution < -0.4 is 0 Å². The molecule has 0 radical (unpaired) electrons. The second-order valence-corrected chi connectivity index (χ2v) is 4.80. The minimum Gasteiger partial charge on any atom is -0.0654 e. The Hall–Kier alpha value is -0.780. The van der Waals surface area contributed by atoms with Crippen LogP contribution in [0.5, 0.6) is 0 Å². The first-order valence-corrected chi connectivity index (χ1v) is 6.24. The first kappa shape index (κ1) is 12.3. The fraction of sp³-hybridized carbons (Fsp3) is 0.600. The molecule has 0 aromatic heterocycles. The normalized spacial score (nSPS) is 11.0. The molecule has 1 rings (SSSR count). The lowest BCUT2D eigenvalue weighted by Crippen LogP contribution is -1.94. The van der Waals surface area contributed by atoms with Gasteiger partial charge in [-0.2, -0.15) is 0 Å². The second kappa shape index (κ2) is 5.95. The van der Waals surface area contributed by atoms with Gasteiger partial charge < -0.3 is 0 Å². The first-order valence-electron chi connectivity index (χ1n) is 6.24. The van der Waals surface area contributed by atoms with Crippen LogP contribution in [0.4, 0.5) is 0 Å². The van der Waals surface area contributed by atoms with Gasteiger partial charge in [0.2, 0.25) is 0 Å². The zero-order valence-corrected chi connectivity index (χ0v) is 10.6. The predicted octanol–water partition coefficient (Wildman–Crippen LogP) is 4.85. The minimum atomic E-state index is 0.649. The van der Waals surface area contributed by atoms with Crippen LogP contribution in [0.1, 0.15) is 62.6 Å². The van der Waals surface area contributed by atoms with Gasteiger partial charge in [-0.05, 0) is 42.4 Å². The van der Waals surface area contributed by atoms with Gasteiger partial charge in [0.15, 0.2) is 0 Å². The van der Waals surface area contributed by atoms with Crippen molar-refractivity contribution in [1.82, 2.24) is 0 Å². The summed E-state index contributed by atoms with van der Waals surface area (Å²) in [4.78, 5) is 0. The summed E-state index contributed by atoms with van der Waals surface area (Å²) in [5.41, 5.74) is 4.48. The van der Waals surface area contributed by atoms with Crippen molar-refractivity contribution in [1.29, 1.82) is 0 Å².